The van der Waals surface area contributed by atoms with Gasteiger partial charge in [-0.1, -0.05) is 23.4 Å². The average Bonchev–Trinajstić information content (AvgIpc) is 3.50. The van der Waals surface area contributed by atoms with Gasteiger partial charge in [-0.2, -0.15) is 0 Å². The second-order valence-corrected chi connectivity index (χ2v) is 10.9. The summed E-state index contributed by atoms with van der Waals surface area (Å²) in [4.78, 5) is 37.4. The normalized spacial score (nSPS) is 18.8. The van der Waals surface area contributed by atoms with Gasteiger partial charge in [0, 0.05) is 17.7 Å². The zero-order valence-electron chi connectivity index (χ0n) is 17.6. The molecule has 7 nitrogen and oxygen atoms in total. The molecule has 2 aliphatic rings. The van der Waals surface area contributed by atoms with Crippen LogP contribution in [0.4, 0.5) is 5.82 Å². The Hall–Kier alpha value is -1.94. The van der Waals surface area contributed by atoms with Crippen LogP contribution < -0.4 is 10.9 Å². The van der Waals surface area contributed by atoms with Gasteiger partial charge in [0.05, 0.1) is 28.3 Å². The van der Waals surface area contributed by atoms with Crippen molar-refractivity contribution < 1.29 is 9.53 Å². The fourth-order valence-corrected chi connectivity index (χ4v) is 6.52. The van der Waals surface area contributed by atoms with Crippen LogP contribution in [0, 0.1) is 0 Å². The second-order valence-electron chi connectivity index (χ2n) is 8.09. The number of nitrogens with zero attached hydrogens (tertiary/aromatic N) is 3. The molecule has 10 heteroatoms. The van der Waals surface area contributed by atoms with Gasteiger partial charge >= 0.3 is 0 Å². The molecule has 1 N–H and O–H groups in total. The number of amides is 1. The SMILES string of the molecule is CC(Sc1nc2sc3c(c2c(=O)n1CC1CCCO1)CCC3)C(=O)Nc1ccc(Cl)cn1. The third kappa shape index (κ3) is 4.31. The molecule has 1 aliphatic carbocycles. The van der Waals surface area contributed by atoms with Gasteiger partial charge in [-0.3, -0.25) is 14.2 Å². The number of fused-ring (bicyclic) bond motifs is 3. The summed E-state index contributed by atoms with van der Waals surface area (Å²) in [5.41, 5.74) is 1.15. The first-order valence-electron chi connectivity index (χ1n) is 10.8. The fourth-order valence-electron chi connectivity index (χ4n) is 4.19. The summed E-state index contributed by atoms with van der Waals surface area (Å²) in [6.45, 7) is 2.98. The number of anilines is 1. The first-order chi connectivity index (χ1) is 15.5. The van der Waals surface area contributed by atoms with E-state index in [1.807, 2.05) is 0 Å². The lowest BCUT2D eigenvalue weighted by molar-refractivity contribution is -0.115. The number of aryl methyl sites for hydroxylation is 2. The number of halogens is 1. The highest BCUT2D eigenvalue weighted by Gasteiger charge is 2.27. The molecule has 2 atom stereocenters. The Morgan fingerprint density at radius 3 is 3.03 bits per heavy atom. The van der Waals surface area contributed by atoms with Crippen LogP contribution in [0.2, 0.25) is 5.02 Å². The van der Waals surface area contributed by atoms with E-state index in [4.69, 9.17) is 21.3 Å². The number of carbonyl (C=O) groups is 1. The number of aromatic nitrogens is 3. The van der Waals surface area contributed by atoms with Crippen molar-refractivity contribution >= 4 is 56.6 Å². The molecule has 1 amide bonds. The lowest BCUT2D eigenvalue weighted by Gasteiger charge is -2.18. The summed E-state index contributed by atoms with van der Waals surface area (Å²) in [6.07, 6.45) is 6.45. The molecule has 0 saturated carbocycles. The van der Waals surface area contributed by atoms with Crippen LogP contribution in [-0.2, 0) is 28.9 Å². The molecule has 1 fully saturated rings. The maximum atomic E-state index is 13.6. The number of hydrogen-bond donors (Lipinski definition) is 1. The van der Waals surface area contributed by atoms with Crippen LogP contribution in [0.1, 0.15) is 36.6 Å². The van der Waals surface area contributed by atoms with Crippen molar-refractivity contribution in [3.63, 3.8) is 0 Å². The minimum Gasteiger partial charge on any atom is -0.376 e. The van der Waals surface area contributed by atoms with Crippen molar-refractivity contribution in [2.24, 2.45) is 0 Å². The Bertz CT molecular complexity index is 1220. The highest BCUT2D eigenvalue weighted by atomic mass is 35.5. The molecule has 0 spiro atoms. The van der Waals surface area contributed by atoms with E-state index in [-0.39, 0.29) is 17.6 Å². The molecule has 0 bridgehead atoms. The molecule has 32 heavy (non-hydrogen) atoms. The highest BCUT2D eigenvalue weighted by Crippen LogP contribution is 2.36. The number of ether oxygens (including phenoxy) is 1. The van der Waals surface area contributed by atoms with E-state index in [1.165, 1.54) is 28.4 Å². The summed E-state index contributed by atoms with van der Waals surface area (Å²) in [5.74, 6) is 0.221. The summed E-state index contributed by atoms with van der Waals surface area (Å²) in [7, 11) is 0. The maximum absolute atomic E-state index is 13.6. The highest BCUT2D eigenvalue weighted by molar-refractivity contribution is 8.00. The van der Waals surface area contributed by atoms with Crippen LogP contribution in [0.5, 0.6) is 0 Å². The minimum absolute atomic E-state index is 0.000356. The third-order valence-corrected chi connectivity index (χ3v) is 8.33. The van der Waals surface area contributed by atoms with Crippen molar-refractivity contribution in [3.8, 4) is 0 Å². The van der Waals surface area contributed by atoms with Crippen molar-refractivity contribution in [2.75, 3.05) is 11.9 Å². The van der Waals surface area contributed by atoms with Gasteiger partial charge in [0.15, 0.2) is 5.16 Å². The Morgan fingerprint density at radius 1 is 1.41 bits per heavy atom. The van der Waals surface area contributed by atoms with E-state index in [9.17, 15) is 9.59 Å². The molecule has 1 saturated heterocycles. The number of carbonyl (C=O) groups excluding carboxylic acids is 1. The van der Waals surface area contributed by atoms with Gasteiger partial charge in [-0.05, 0) is 56.7 Å². The summed E-state index contributed by atoms with van der Waals surface area (Å²) in [5, 5.41) is 4.15. The Morgan fingerprint density at radius 2 is 2.28 bits per heavy atom. The zero-order chi connectivity index (χ0) is 22.2. The van der Waals surface area contributed by atoms with Crippen LogP contribution >= 0.6 is 34.7 Å². The number of rotatable bonds is 6. The average molecular weight is 491 g/mol. The van der Waals surface area contributed by atoms with Gasteiger partial charge in [-0.25, -0.2) is 9.97 Å². The largest absolute Gasteiger partial charge is 0.376 e. The summed E-state index contributed by atoms with van der Waals surface area (Å²) < 4.78 is 7.52. The van der Waals surface area contributed by atoms with Crippen LogP contribution in [-0.4, -0.2) is 38.4 Å². The topological polar surface area (TPSA) is 86.1 Å². The zero-order valence-corrected chi connectivity index (χ0v) is 20.0. The molecule has 3 aromatic heterocycles. The van der Waals surface area contributed by atoms with E-state index < -0.39 is 5.25 Å². The van der Waals surface area contributed by atoms with Crippen LogP contribution in [0.25, 0.3) is 10.2 Å². The smallest absolute Gasteiger partial charge is 0.263 e. The molecular formula is C22H23ClN4O3S2. The molecule has 0 radical (unpaired) electrons. The number of pyridine rings is 1. The first-order valence-corrected chi connectivity index (χ1v) is 12.8. The van der Waals surface area contributed by atoms with Gasteiger partial charge in [-0.15, -0.1) is 11.3 Å². The Kier molecular flexibility index (Phi) is 6.24. The molecular weight excluding hydrogens is 468 g/mol. The summed E-state index contributed by atoms with van der Waals surface area (Å²) >= 11 is 8.77. The number of nitrogens with one attached hydrogen (secondary N) is 1. The predicted molar refractivity (Wildman–Crippen MR) is 128 cm³/mol. The molecule has 2 unspecified atom stereocenters. The van der Waals surface area contributed by atoms with Gasteiger partial charge in [0.2, 0.25) is 5.91 Å². The maximum Gasteiger partial charge on any atom is 0.263 e. The first kappa shape index (κ1) is 21.9. The lowest BCUT2D eigenvalue weighted by atomic mass is 10.2. The fraction of sp³-hybridized carbons (Fsp3) is 0.455. The third-order valence-electron chi connectivity index (χ3n) is 5.83. The molecule has 3 aromatic rings. The molecule has 1 aliphatic heterocycles. The van der Waals surface area contributed by atoms with Gasteiger partial charge < -0.3 is 10.1 Å². The predicted octanol–water partition coefficient (Wildman–Crippen LogP) is 4.29. The number of thioether (sulfide) groups is 1. The van der Waals surface area contributed by atoms with E-state index in [1.54, 1.807) is 35.0 Å². The number of thiophene rings is 1. The quantitative estimate of drug-likeness (QED) is 0.409. The second kappa shape index (κ2) is 9.13. The number of hydrogen-bond acceptors (Lipinski definition) is 7. The van der Waals surface area contributed by atoms with Crippen molar-refractivity contribution in [2.45, 2.75) is 62.1 Å². The summed E-state index contributed by atoms with van der Waals surface area (Å²) in [6, 6.07) is 3.33. The van der Waals surface area contributed by atoms with Gasteiger partial charge in [0.25, 0.3) is 5.56 Å². The van der Waals surface area contributed by atoms with E-state index in [0.717, 1.165) is 48.9 Å². The van der Waals surface area contributed by atoms with Crippen molar-refractivity contribution in [3.05, 3.63) is 44.1 Å². The molecule has 0 aromatic carbocycles. The Labute approximate surface area is 198 Å². The minimum atomic E-state index is -0.473. The van der Waals surface area contributed by atoms with Gasteiger partial charge in [0.1, 0.15) is 10.6 Å². The van der Waals surface area contributed by atoms with E-state index >= 15 is 0 Å². The van der Waals surface area contributed by atoms with Crippen molar-refractivity contribution in [1.82, 2.24) is 14.5 Å². The monoisotopic (exact) mass is 490 g/mol. The lowest BCUT2D eigenvalue weighted by Crippen LogP contribution is -2.30. The van der Waals surface area contributed by atoms with Crippen LogP contribution in [0.3, 0.4) is 0 Å². The molecule has 4 heterocycles. The van der Waals surface area contributed by atoms with E-state index in [2.05, 4.69) is 10.3 Å². The van der Waals surface area contributed by atoms with E-state index in [0.29, 0.717) is 22.5 Å². The molecule has 168 valence electrons. The molecule has 5 rings (SSSR count). The Balaban J connectivity index is 1.45. The van der Waals surface area contributed by atoms with Crippen molar-refractivity contribution in [1.29, 1.82) is 0 Å². The van der Waals surface area contributed by atoms with Crippen LogP contribution in [0.15, 0.2) is 28.3 Å². The standard InChI is InChI=1S/C22H23ClN4O3S2/c1-12(19(28)25-17-8-7-13(23)10-24-17)31-22-26-20-18(15-5-2-6-16(15)32-20)21(29)27(22)11-14-4-3-9-30-14/h7-8,10,12,14H,2-6,9,11H2,1H3,(H,24,25,28).